The number of hydrogen-bond donors (Lipinski definition) is 1. The fraction of sp³-hybridized carbons (Fsp3) is 0.429. The lowest BCUT2D eigenvalue weighted by molar-refractivity contribution is 0.0623. The van der Waals surface area contributed by atoms with Gasteiger partial charge in [-0.2, -0.15) is 5.10 Å². The van der Waals surface area contributed by atoms with Crippen LogP contribution in [0.4, 0.5) is 5.69 Å². The van der Waals surface area contributed by atoms with Gasteiger partial charge in [0.2, 0.25) is 0 Å². The van der Waals surface area contributed by atoms with Gasteiger partial charge in [-0.15, -0.1) is 0 Å². The second kappa shape index (κ2) is 10.0. The van der Waals surface area contributed by atoms with Gasteiger partial charge in [-0.05, 0) is 54.9 Å². The van der Waals surface area contributed by atoms with E-state index in [1.54, 1.807) is 30.3 Å². The van der Waals surface area contributed by atoms with Crippen LogP contribution in [0.25, 0.3) is 10.8 Å². The number of likely N-dealkylation sites (tertiary alicyclic amines) is 1. The van der Waals surface area contributed by atoms with Crippen LogP contribution in [-0.4, -0.2) is 39.6 Å². The van der Waals surface area contributed by atoms with Crippen molar-refractivity contribution < 1.29 is 9.59 Å². The van der Waals surface area contributed by atoms with Crippen molar-refractivity contribution in [1.82, 2.24) is 14.7 Å². The number of hydrogen-bond acceptors (Lipinski definition) is 4. The van der Waals surface area contributed by atoms with Crippen LogP contribution >= 0.6 is 0 Å². The zero-order valence-electron chi connectivity index (χ0n) is 21.2. The van der Waals surface area contributed by atoms with Crippen LogP contribution in [-0.2, 0) is 6.54 Å². The highest BCUT2D eigenvalue weighted by molar-refractivity contribution is 6.11. The van der Waals surface area contributed by atoms with Crippen molar-refractivity contribution in [3.8, 4) is 0 Å². The van der Waals surface area contributed by atoms with E-state index >= 15 is 0 Å². The number of aryl methyl sites for hydroxylation is 1. The van der Waals surface area contributed by atoms with Crippen LogP contribution in [0.1, 0.15) is 60.5 Å². The quantitative estimate of drug-likeness (QED) is 0.579. The van der Waals surface area contributed by atoms with E-state index in [0.717, 1.165) is 25.1 Å². The number of amides is 2. The van der Waals surface area contributed by atoms with Crippen molar-refractivity contribution in [3.63, 3.8) is 0 Å². The smallest absolute Gasteiger partial charge is 0.276 e. The molecule has 184 valence electrons. The Morgan fingerprint density at radius 1 is 1.06 bits per heavy atom. The van der Waals surface area contributed by atoms with Crippen LogP contribution in [0.2, 0.25) is 0 Å². The lowest BCUT2D eigenvalue weighted by Crippen LogP contribution is -2.42. The van der Waals surface area contributed by atoms with Crippen molar-refractivity contribution in [3.05, 3.63) is 69.6 Å². The summed E-state index contributed by atoms with van der Waals surface area (Å²) >= 11 is 0. The summed E-state index contributed by atoms with van der Waals surface area (Å²) in [5, 5.41) is 8.35. The first-order chi connectivity index (χ1) is 16.6. The molecule has 1 aromatic heterocycles. The molecule has 0 radical (unpaired) electrons. The molecule has 1 aliphatic rings. The summed E-state index contributed by atoms with van der Waals surface area (Å²) in [6, 6.07) is 12.4. The van der Waals surface area contributed by atoms with Crippen LogP contribution < -0.4 is 10.9 Å². The van der Waals surface area contributed by atoms with Gasteiger partial charge in [-0.25, -0.2) is 4.68 Å². The third-order valence-corrected chi connectivity index (χ3v) is 6.51. The number of fused-ring (bicyclic) bond motifs is 1. The van der Waals surface area contributed by atoms with Crippen LogP contribution in [0.15, 0.2) is 47.3 Å². The second-order valence-corrected chi connectivity index (χ2v) is 10.4. The largest absolute Gasteiger partial charge is 0.338 e. The fourth-order valence-corrected chi connectivity index (χ4v) is 4.96. The van der Waals surface area contributed by atoms with Gasteiger partial charge in [0.1, 0.15) is 0 Å². The standard InChI is InChI=1S/C28H34N4O3/c1-17(2)14-32-28(35)23-9-7-6-8-22(23)25(30-32)26(33)29-24-13-21(11-10-20(24)5)27(34)31-15-18(3)12-19(4)16-31/h6-11,13,17-19H,12,14-16H2,1-5H3,(H,29,33). The Kier molecular flexibility index (Phi) is 7.05. The number of piperidine rings is 1. The molecule has 4 rings (SSSR count). The molecule has 1 saturated heterocycles. The van der Waals surface area contributed by atoms with Crippen LogP contribution in [0.3, 0.4) is 0 Å². The van der Waals surface area contributed by atoms with Gasteiger partial charge in [0, 0.05) is 36.3 Å². The first kappa shape index (κ1) is 24.6. The van der Waals surface area contributed by atoms with Crippen molar-refractivity contribution in [2.24, 2.45) is 17.8 Å². The molecule has 2 atom stereocenters. The van der Waals surface area contributed by atoms with E-state index in [4.69, 9.17) is 0 Å². The molecule has 3 aromatic rings. The highest BCUT2D eigenvalue weighted by atomic mass is 16.2. The molecular formula is C28H34N4O3. The number of benzene rings is 2. The Morgan fingerprint density at radius 2 is 1.71 bits per heavy atom. The number of anilines is 1. The maximum atomic E-state index is 13.4. The van der Waals surface area contributed by atoms with Crippen molar-refractivity contribution in [2.45, 2.75) is 47.6 Å². The highest BCUT2D eigenvalue weighted by Gasteiger charge is 2.26. The van der Waals surface area contributed by atoms with Gasteiger partial charge in [-0.3, -0.25) is 14.4 Å². The molecule has 0 bridgehead atoms. The van der Waals surface area contributed by atoms with E-state index in [2.05, 4.69) is 24.3 Å². The van der Waals surface area contributed by atoms with E-state index in [1.165, 1.54) is 4.68 Å². The molecule has 7 heteroatoms. The lowest BCUT2D eigenvalue weighted by atomic mass is 9.91. The third kappa shape index (κ3) is 5.29. The van der Waals surface area contributed by atoms with Gasteiger partial charge in [-0.1, -0.05) is 52.0 Å². The summed E-state index contributed by atoms with van der Waals surface area (Å²) in [7, 11) is 0. The summed E-state index contributed by atoms with van der Waals surface area (Å²) < 4.78 is 1.37. The number of nitrogens with zero attached hydrogens (tertiary/aromatic N) is 3. The first-order valence-corrected chi connectivity index (χ1v) is 12.3. The number of aromatic nitrogens is 2. The van der Waals surface area contributed by atoms with Gasteiger partial charge in [0.15, 0.2) is 5.69 Å². The van der Waals surface area contributed by atoms with Gasteiger partial charge >= 0.3 is 0 Å². The molecule has 2 aromatic carbocycles. The first-order valence-electron chi connectivity index (χ1n) is 12.3. The van der Waals surface area contributed by atoms with Gasteiger partial charge in [0.25, 0.3) is 17.4 Å². The Hall–Kier alpha value is -3.48. The monoisotopic (exact) mass is 474 g/mol. The van der Waals surface area contributed by atoms with Gasteiger partial charge < -0.3 is 10.2 Å². The summed E-state index contributed by atoms with van der Waals surface area (Å²) in [6.45, 7) is 12.1. The SMILES string of the molecule is Cc1ccc(C(=O)N2CC(C)CC(C)C2)cc1NC(=O)c1nn(CC(C)C)c(=O)c2ccccc12. The maximum Gasteiger partial charge on any atom is 0.276 e. The number of rotatable bonds is 5. The summed E-state index contributed by atoms with van der Waals surface area (Å²) in [5.74, 6) is 0.698. The molecule has 1 N–H and O–H groups in total. The minimum atomic E-state index is -0.411. The summed E-state index contributed by atoms with van der Waals surface area (Å²) in [5.41, 5.74) is 1.94. The van der Waals surface area contributed by atoms with Crippen LogP contribution in [0, 0.1) is 24.7 Å². The summed E-state index contributed by atoms with van der Waals surface area (Å²) in [4.78, 5) is 41.4. The molecule has 35 heavy (non-hydrogen) atoms. The molecule has 2 amide bonds. The predicted octanol–water partition coefficient (Wildman–Crippen LogP) is 4.73. The van der Waals surface area contributed by atoms with Crippen molar-refractivity contribution >= 4 is 28.3 Å². The normalized spacial score (nSPS) is 18.2. The molecule has 1 fully saturated rings. The fourth-order valence-electron chi connectivity index (χ4n) is 4.96. The average Bonchev–Trinajstić information content (AvgIpc) is 2.81. The second-order valence-electron chi connectivity index (χ2n) is 10.4. The lowest BCUT2D eigenvalue weighted by Gasteiger charge is -2.35. The molecule has 2 unspecified atom stereocenters. The predicted molar refractivity (Wildman–Crippen MR) is 139 cm³/mol. The van der Waals surface area contributed by atoms with E-state index < -0.39 is 5.91 Å². The molecular weight excluding hydrogens is 440 g/mol. The van der Waals surface area contributed by atoms with Crippen molar-refractivity contribution in [1.29, 1.82) is 0 Å². The third-order valence-electron chi connectivity index (χ3n) is 6.51. The molecule has 7 nitrogen and oxygen atoms in total. The topological polar surface area (TPSA) is 84.3 Å². The van der Waals surface area contributed by atoms with Crippen molar-refractivity contribution in [2.75, 3.05) is 18.4 Å². The Labute approximate surface area is 206 Å². The van der Waals surface area contributed by atoms with E-state index in [-0.39, 0.29) is 23.1 Å². The maximum absolute atomic E-state index is 13.4. The highest BCUT2D eigenvalue weighted by Crippen LogP contribution is 2.25. The zero-order valence-corrected chi connectivity index (χ0v) is 21.2. The number of carbonyl (C=O) groups excluding carboxylic acids is 2. The van der Waals surface area contributed by atoms with Gasteiger partial charge in [0.05, 0.1) is 5.39 Å². The zero-order chi connectivity index (χ0) is 25.3. The Morgan fingerprint density at radius 3 is 2.37 bits per heavy atom. The molecule has 2 heterocycles. The van der Waals surface area contributed by atoms with E-state index in [1.807, 2.05) is 37.8 Å². The average molecular weight is 475 g/mol. The molecule has 0 aliphatic carbocycles. The van der Waals surface area contributed by atoms with E-state index in [9.17, 15) is 14.4 Å². The molecule has 0 spiro atoms. The number of nitrogens with one attached hydrogen (secondary N) is 1. The summed E-state index contributed by atoms with van der Waals surface area (Å²) in [6.07, 6.45) is 1.12. The minimum Gasteiger partial charge on any atom is -0.338 e. The number of carbonyl (C=O) groups is 2. The van der Waals surface area contributed by atoms with E-state index in [0.29, 0.717) is 40.4 Å². The Balaban J connectivity index is 1.66. The molecule has 1 aliphatic heterocycles. The van der Waals surface area contributed by atoms with Crippen LogP contribution in [0.5, 0.6) is 0 Å². The Bertz CT molecular complexity index is 1320. The minimum absolute atomic E-state index is 0.0204. The molecule has 0 saturated carbocycles.